The van der Waals surface area contributed by atoms with Crippen LogP contribution < -0.4 is 4.74 Å². The molecule has 1 aliphatic heterocycles. The molecule has 4 nitrogen and oxygen atoms in total. The molecule has 1 fully saturated rings. The fraction of sp³-hybridized carbons (Fsp3) is 0.316. The molecule has 1 saturated heterocycles. The molecule has 0 radical (unpaired) electrons. The summed E-state index contributed by atoms with van der Waals surface area (Å²) in [6, 6.07) is 12.8. The molecule has 25 heavy (non-hydrogen) atoms. The molecule has 1 heterocycles. The third kappa shape index (κ3) is 4.27. The van der Waals surface area contributed by atoms with Crippen molar-refractivity contribution in [2.45, 2.75) is 6.54 Å². The van der Waals surface area contributed by atoms with Crippen molar-refractivity contribution in [1.82, 2.24) is 9.80 Å². The highest BCUT2D eigenvalue weighted by Crippen LogP contribution is 2.26. The maximum absolute atomic E-state index is 12.6. The van der Waals surface area contributed by atoms with Gasteiger partial charge in [-0.15, -0.1) is 0 Å². The van der Waals surface area contributed by atoms with Crippen molar-refractivity contribution >= 4 is 29.1 Å². The van der Waals surface area contributed by atoms with Crippen molar-refractivity contribution in [3.05, 3.63) is 63.6 Å². The first-order valence-electron chi connectivity index (χ1n) is 8.17. The van der Waals surface area contributed by atoms with Gasteiger partial charge in [-0.2, -0.15) is 0 Å². The molecule has 0 unspecified atom stereocenters. The van der Waals surface area contributed by atoms with Gasteiger partial charge in [0.2, 0.25) is 0 Å². The average Bonchev–Trinajstić information content (AvgIpc) is 2.65. The summed E-state index contributed by atoms with van der Waals surface area (Å²) in [5, 5.41) is 1.37. The first-order chi connectivity index (χ1) is 12.1. The van der Waals surface area contributed by atoms with Crippen molar-refractivity contribution < 1.29 is 9.53 Å². The lowest BCUT2D eigenvalue weighted by molar-refractivity contribution is 0.0628. The van der Waals surface area contributed by atoms with Crippen LogP contribution in [0.2, 0.25) is 10.0 Å². The molecule has 0 bridgehead atoms. The molecule has 0 aliphatic carbocycles. The number of hydrogen-bond donors (Lipinski definition) is 0. The third-order valence-corrected chi connectivity index (χ3v) is 5.15. The lowest BCUT2D eigenvalue weighted by Gasteiger charge is -2.35. The number of nitrogens with zero attached hydrogens (tertiary/aromatic N) is 2. The first-order valence-corrected chi connectivity index (χ1v) is 8.92. The van der Waals surface area contributed by atoms with Gasteiger partial charge < -0.3 is 9.64 Å². The van der Waals surface area contributed by atoms with Gasteiger partial charge in [0.25, 0.3) is 5.91 Å². The van der Waals surface area contributed by atoms with Gasteiger partial charge in [-0.25, -0.2) is 0 Å². The molecular weight excluding hydrogens is 359 g/mol. The molecule has 0 spiro atoms. The second-order valence-electron chi connectivity index (χ2n) is 6.00. The van der Waals surface area contributed by atoms with Crippen molar-refractivity contribution in [2.75, 3.05) is 33.3 Å². The maximum atomic E-state index is 12.6. The Morgan fingerprint density at radius 1 is 1.00 bits per heavy atom. The van der Waals surface area contributed by atoms with Crippen LogP contribution in [0.4, 0.5) is 0 Å². The Balaban J connectivity index is 1.58. The van der Waals surface area contributed by atoms with Gasteiger partial charge in [0, 0.05) is 53.9 Å². The van der Waals surface area contributed by atoms with Gasteiger partial charge in [0.05, 0.1) is 7.11 Å². The number of amides is 1. The Morgan fingerprint density at radius 3 is 2.16 bits per heavy atom. The maximum Gasteiger partial charge on any atom is 0.253 e. The molecule has 6 heteroatoms. The molecule has 2 aromatic rings. The minimum absolute atomic E-state index is 0.0538. The lowest BCUT2D eigenvalue weighted by atomic mass is 10.1. The highest BCUT2D eigenvalue weighted by Gasteiger charge is 2.23. The summed E-state index contributed by atoms with van der Waals surface area (Å²) in [6.45, 7) is 3.66. The Bertz CT molecular complexity index is 721. The molecule has 0 N–H and O–H groups in total. The number of rotatable bonds is 4. The van der Waals surface area contributed by atoms with Gasteiger partial charge in [-0.05, 0) is 36.4 Å². The van der Waals surface area contributed by atoms with E-state index in [1.807, 2.05) is 35.2 Å². The summed E-state index contributed by atoms with van der Waals surface area (Å²) >= 11 is 12.5. The molecular formula is C19H20Cl2N2O2. The molecule has 0 aromatic heterocycles. The van der Waals surface area contributed by atoms with Crippen LogP contribution in [0.15, 0.2) is 42.5 Å². The van der Waals surface area contributed by atoms with E-state index < -0.39 is 0 Å². The van der Waals surface area contributed by atoms with E-state index in [1.165, 1.54) is 0 Å². The number of hydrogen-bond acceptors (Lipinski definition) is 3. The second kappa shape index (κ2) is 8.09. The van der Waals surface area contributed by atoms with Crippen LogP contribution in [0, 0.1) is 0 Å². The number of halogens is 2. The lowest BCUT2D eigenvalue weighted by Crippen LogP contribution is -2.48. The monoisotopic (exact) mass is 378 g/mol. The zero-order valence-corrected chi connectivity index (χ0v) is 15.6. The largest absolute Gasteiger partial charge is 0.497 e. The number of carbonyl (C=O) groups is 1. The van der Waals surface area contributed by atoms with Crippen LogP contribution in [0.5, 0.6) is 5.75 Å². The number of carbonyl (C=O) groups excluding carboxylic acids is 1. The summed E-state index contributed by atoms with van der Waals surface area (Å²) in [5.74, 6) is 0.802. The van der Waals surface area contributed by atoms with Crippen molar-refractivity contribution in [2.24, 2.45) is 0 Å². The van der Waals surface area contributed by atoms with Crippen molar-refractivity contribution in [3.63, 3.8) is 0 Å². The fourth-order valence-electron chi connectivity index (χ4n) is 2.93. The van der Waals surface area contributed by atoms with Gasteiger partial charge in [0.15, 0.2) is 0 Å². The van der Waals surface area contributed by atoms with E-state index in [0.29, 0.717) is 35.2 Å². The van der Waals surface area contributed by atoms with Crippen LogP contribution in [0.1, 0.15) is 15.9 Å². The average molecular weight is 379 g/mol. The van der Waals surface area contributed by atoms with Crippen LogP contribution in [0.3, 0.4) is 0 Å². The van der Waals surface area contributed by atoms with Gasteiger partial charge in [0.1, 0.15) is 5.75 Å². The van der Waals surface area contributed by atoms with E-state index >= 15 is 0 Å². The number of piperazine rings is 1. The quantitative estimate of drug-likeness (QED) is 0.806. The summed E-state index contributed by atoms with van der Waals surface area (Å²) in [6.07, 6.45) is 0. The molecule has 2 aromatic carbocycles. The molecule has 3 rings (SSSR count). The summed E-state index contributed by atoms with van der Waals surface area (Å²) in [5.41, 5.74) is 1.63. The van der Waals surface area contributed by atoms with Gasteiger partial charge in [-0.1, -0.05) is 29.3 Å². The van der Waals surface area contributed by atoms with Crippen LogP contribution in [0.25, 0.3) is 0 Å². The number of benzene rings is 2. The van der Waals surface area contributed by atoms with Gasteiger partial charge in [-0.3, -0.25) is 9.69 Å². The van der Waals surface area contributed by atoms with E-state index in [9.17, 15) is 4.79 Å². The highest BCUT2D eigenvalue weighted by atomic mass is 35.5. The molecule has 0 saturated carbocycles. The van der Waals surface area contributed by atoms with E-state index in [4.69, 9.17) is 27.9 Å². The smallest absolute Gasteiger partial charge is 0.253 e. The topological polar surface area (TPSA) is 32.8 Å². The molecule has 0 atom stereocenters. The Labute approximate surface area is 157 Å². The van der Waals surface area contributed by atoms with E-state index in [1.54, 1.807) is 19.2 Å². The van der Waals surface area contributed by atoms with E-state index in [2.05, 4.69) is 4.90 Å². The molecule has 1 amide bonds. The minimum Gasteiger partial charge on any atom is -0.497 e. The molecule has 132 valence electrons. The van der Waals surface area contributed by atoms with Gasteiger partial charge >= 0.3 is 0 Å². The summed E-state index contributed by atoms with van der Waals surface area (Å²) < 4.78 is 5.13. The predicted octanol–water partition coefficient (Wildman–Crippen LogP) is 3.96. The standard InChI is InChI=1S/C19H20Cl2N2O2/c1-25-15-7-5-14(6-8-15)19(24)23-11-9-22(10-12-23)13-16-17(20)3-2-4-18(16)21/h2-8H,9-13H2,1H3. The minimum atomic E-state index is 0.0538. The Morgan fingerprint density at radius 2 is 1.60 bits per heavy atom. The third-order valence-electron chi connectivity index (χ3n) is 4.44. The van der Waals surface area contributed by atoms with Crippen LogP contribution >= 0.6 is 23.2 Å². The second-order valence-corrected chi connectivity index (χ2v) is 6.81. The number of methoxy groups -OCH3 is 1. The van der Waals surface area contributed by atoms with Crippen molar-refractivity contribution in [3.8, 4) is 5.75 Å². The van der Waals surface area contributed by atoms with Crippen molar-refractivity contribution in [1.29, 1.82) is 0 Å². The van der Waals surface area contributed by atoms with E-state index in [0.717, 1.165) is 24.4 Å². The zero-order chi connectivity index (χ0) is 17.8. The summed E-state index contributed by atoms with van der Waals surface area (Å²) in [7, 11) is 1.61. The summed E-state index contributed by atoms with van der Waals surface area (Å²) in [4.78, 5) is 16.7. The SMILES string of the molecule is COc1ccc(C(=O)N2CCN(Cc3c(Cl)cccc3Cl)CC2)cc1. The first kappa shape index (κ1) is 18.1. The highest BCUT2D eigenvalue weighted by molar-refractivity contribution is 6.35. The predicted molar refractivity (Wildman–Crippen MR) is 101 cm³/mol. The normalized spacial score (nSPS) is 15.2. The van der Waals surface area contributed by atoms with Crippen LogP contribution in [-0.4, -0.2) is 49.0 Å². The van der Waals surface area contributed by atoms with E-state index in [-0.39, 0.29) is 5.91 Å². The Hall–Kier alpha value is -1.75. The van der Waals surface area contributed by atoms with Crippen LogP contribution in [-0.2, 0) is 6.54 Å². The number of ether oxygens (including phenoxy) is 1. The zero-order valence-electron chi connectivity index (χ0n) is 14.0. The fourth-order valence-corrected chi connectivity index (χ4v) is 3.45. The Kier molecular flexibility index (Phi) is 5.84. The molecule has 1 aliphatic rings.